The van der Waals surface area contributed by atoms with Crippen LogP contribution in [0.15, 0.2) is 66.7 Å². The summed E-state index contributed by atoms with van der Waals surface area (Å²) in [4.78, 5) is 29.5. The van der Waals surface area contributed by atoms with Crippen LogP contribution in [0.3, 0.4) is 0 Å². The summed E-state index contributed by atoms with van der Waals surface area (Å²) >= 11 is 0. The SMILES string of the molecule is COc1cc2c(C(C)=O)c(C)n(-c3ccccc3N3CCN(C(=O)OCc4ccccc4)CC3)c2cc1OC. The number of anilines is 1. The molecule has 0 radical (unpaired) electrons. The van der Waals surface area contributed by atoms with E-state index >= 15 is 0 Å². The molecule has 5 rings (SSSR count). The van der Waals surface area contributed by atoms with Crippen LogP contribution in [0.2, 0.25) is 0 Å². The first-order valence-corrected chi connectivity index (χ1v) is 13.0. The van der Waals surface area contributed by atoms with Crippen molar-refractivity contribution in [1.82, 2.24) is 9.47 Å². The van der Waals surface area contributed by atoms with Gasteiger partial charge in [-0.15, -0.1) is 0 Å². The van der Waals surface area contributed by atoms with Gasteiger partial charge in [-0.2, -0.15) is 0 Å². The Bertz CT molecular complexity index is 1500. The second-order valence-electron chi connectivity index (χ2n) is 9.58. The number of nitrogens with zero attached hydrogens (tertiary/aromatic N) is 3. The predicted octanol–water partition coefficient (Wildman–Crippen LogP) is 5.62. The molecule has 1 aromatic heterocycles. The zero-order valence-electron chi connectivity index (χ0n) is 22.8. The average Bonchev–Trinajstić information content (AvgIpc) is 3.26. The number of methoxy groups -OCH3 is 2. The summed E-state index contributed by atoms with van der Waals surface area (Å²) in [6.45, 7) is 6.24. The van der Waals surface area contributed by atoms with E-state index in [4.69, 9.17) is 14.2 Å². The number of hydrogen-bond donors (Lipinski definition) is 0. The number of carbonyl (C=O) groups is 2. The molecule has 1 saturated heterocycles. The normalized spacial score (nSPS) is 13.4. The molecule has 2 heterocycles. The van der Waals surface area contributed by atoms with Gasteiger partial charge in [-0.3, -0.25) is 4.79 Å². The van der Waals surface area contributed by atoms with Crippen LogP contribution in [-0.2, 0) is 11.3 Å². The van der Waals surface area contributed by atoms with Crippen molar-refractivity contribution in [2.24, 2.45) is 0 Å². The van der Waals surface area contributed by atoms with Crippen molar-refractivity contribution in [2.45, 2.75) is 20.5 Å². The maximum atomic E-state index is 12.8. The molecule has 0 spiro atoms. The Balaban J connectivity index is 1.43. The summed E-state index contributed by atoms with van der Waals surface area (Å²) in [5.41, 5.74) is 5.33. The van der Waals surface area contributed by atoms with Crippen molar-refractivity contribution in [2.75, 3.05) is 45.3 Å². The summed E-state index contributed by atoms with van der Waals surface area (Å²) in [5, 5.41) is 0.818. The molecular formula is C31H33N3O5. The highest BCUT2D eigenvalue weighted by Gasteiger charge is 2.26. The van der Waals surface area contributed by atoms with Gasteiger partial charge in [-0.05, 0) is 37.6 Å². The summed E-state index contributed by atoms with van der Waals surface area (Å²) in [6.07, 6.45) is -0.300. The van der Waals surface area contributed by atoms with Crippen molar-refractivity contribution in [3.63, 3.8) is 0 Å². The Labute approximate surface area is 228 Å². The van der Waals surface area contributed by atoms with Gasteiger partial charge in [0.05, 0.1) is 31.1 Å². The number of ether oxygens (including phenoxy) is 3. The van der Waals surface area contributed by atoms with E-state index in [1.165, 1.54) is 0 Å². The van der Waals surface area contributed by atoms with Crippen LogP contribution in [0.25, 0.3) is 16.6 Å². The minimum Gasteiger partial charge on any atom is -0.493 e. The first kappa shape index (κ1) is 26.2. The average molecular weight is 528 g/mol. The van der Waals surface area contributed by atoms with Crippen molar-refractivity contribution in [1.29, 1.82) is 0 Å². The molecule has 0 aliphatic carbocycles. The van der Waals surface area contributed by atoms with Crippen LogP contribution < -0.4 is 14.4 Å². The van der Waals surface area contributed by atoms with Crippen molar-refractivity contribution in [3.8, 4) is 17.2 Å². The molecule has 39 heavy (non-hydrogen) atoms. The highest BCUT2D eigenvalue weighted by molar-refractivity contribution is 6.10. The summed E-state index contributed by atoms with van der Waals surface area (Å²) in [6, 6.07) is 21.6. The zero-order valence-corrected chi connectivity index (χ0v) is 22.8. The maximum absolute atomic E-state index is 12.8. The largest absolute Gasteiger partial charge is 0.493 e. The lowest BCUT2D eigenvalue weighted by Crippen LogP contribution is -2.49. The van der Waals surface area contributed by atoms with E-state index in [-0.39, 0.29) is 18.5 Å². The summed E-state index contributed by atoms with van der Waals surface area (Å²) < 4.78 is 18.8. The fourth-order valence-electron chi connectivity index (χ4n) is 5.36. The van der Waals surface area contributed by atoms with Crippen molar-refractivity contribution >= 4 is 28.5 Å². The number of piperazine rings is 1. The monoisotopic (exact) mass is 527 g/mol. The van der Waals surface area contributed by atoms with Gasteiger partial charge >= 0.3 is 6.09 Å². The number of Topliss-reactive ketones (excluding diaryl/α,β-unsaturated/α-hetero) is 1. The van der Waals surface area contributed by atoms with E-state index in [1.54, 1.807) is 26.0 Å². The minimum absolute atomic E-state index is 0.0106. The molecule has 0 bridgehead atoms. The molecule has 1 fully saturated rings. The number of rotatable bonds is 7. The van der Waals surface area contributed by atoms with Gasteiger partial charge < -0.3 is 28.6 Å². The molecule has 1 amide bonds. The van der Waals surface area contributed by atoms with Gasteiger partial charge in [0.15, 0.2) is 17.3 Å². The summed E-state index contributed by atoms with van der Waals surface area (Å²) in [7, 11) is 3.20. The Morgan fingerprint density at radius 3 is 2.08 bits per heavy atom. The molecule has 4 aromatic rings. The quantitative estimate of drug-likeness (QED) is 0.291. The molecule has 8 heteroatoms. The third-order valence-electron chi connectivity index (χ3n) is 7.27. The van der Waals surface area contributed by atoms with Crippen LogP contribution in [0.5, 0.6) is 11.5 Å². The fraction of sp³-hybridized carbons (Fsp3) is 0.290. The van der Waals surface area contributed by atoms with E-state index in [0.29, 0.717) is 43.2 Å². The van der Waals surface area contributed by atoms with Crippen molar-refractivity contribution < 1.29 is 23.8 Å². The molecule has 1 aliphatic rings. The van der Waals surface area contributed by atoms with Crippen LogP contribution in [0.1, 0.15) is 28.5 Å². The maximum Gasteiger partial charge on any atom is 0.410 e. The second kappa shape index (κ2) is 11.1. The van der Waals surface area contributed by atoms with Gasteiger partial charge in [-0.1, -0.05) is 42.5 Å². The molecule has 3 aromatic carbocycles. The zero-order chi connectivity index (χ0) is 27.5. The number of benzene rings is 3. The van der Waals surface area contributed by atoms with Crippen LogP contribution >= 0.6 is 0 Å². The van der Waals surface area contributed by atoms with E-state index in [2.05, 4.69) is 21.6 Å². The minimum atomic E-state index is -0.300. The number of aromatic nitrogens is 1. The van der Waals surface area contributed by atoms with E-state index < -0.39 is 0 Å². The number of amides is 1. The molecule has 1 aliphatic heterocycles. The molecule has 0 saturated carbocycles. The van der Waals surface area contributed by atoms with Crippen LogP contribution in [0.4, 0.5) is 10.5 Å². The third-order valence-corrected chi connectivity index (χ3v) is 7.27. The number of carbonyl (C=O) groups excluding carboxylic acids is 2. The number of hydrogen-bond acceptors (Lipinski definition) is 6. The lowest BCUT2D eigenvalue weighted by atomic mass is 10.1. The van der Waals surface area contributed by atoms with Gasteiger partial charge in [-0.25, -0.2) is 4.79 Å². The van der Waals surface area contributed by atoms with Gasteiger partial charge in [0, 0.05) is 48.9 Å². The first-order chi connectivity index (χ1) is 18.9. The smallest absolute Gasteiger partial charge is 0.410 e. The van der Waals surface area contributed by atoms with Gasteiger partial charge in [0.1, 0.15) is 6.61 Å². The highest BCUT2D eigenvalue weighted by atomic mass is 16.6. The van der Waals surface area contributed by atoms with Gasteiger partial charge in [0.25, 0.3) is 0 Å². The molecular weight excluding hydrogens is 494 g/mol. The fourth-order valence-corrected chi connectivity index (χ4v) is 5.36. The summed E-state index contributed by atoms with van der Waals surface area (Å²) in [5.74, 6) is 1.16. The standard InChI is InChI=1S/C31H33N3O5/c1-21-30(22(2)35)24-18-28(37-3)29(38-4)19-27(24)34(21)26-13-9-8-12-25(26)32-14-16-33(17-15-32)31(36)39-20-23-10-6-5-7-11-23/h5-13,18-19H,14-17,20H2,1-4H3. The second-order valence-corrected chi connectivity index (χ2v) is 9.58. The number of ketones is 1. The highest BCUT2D eigenvalue weighted by Crippen LogP contribution is 2.39. The Kier molecular flexibility index (Phi) is 7.45. The third kappa shape index (κ3) is 5.02. The predicted molar refractivity (Wildman–Crippen MR) is 152 cm³/mol. The lowest BCUT2D eigenvalue weighted by molar-refractivity contribution is 0.0941. The molecule has 202 valence electrons. The van der Waals surface area contributed by atoms with E-state index in [1.807, 2.05) is 61.5 Å². The topological polar surface area (TPSA) is 73.2 Å². The Morgan fingerprint density at radius 1 is 0.821 bits per heavy atom. The number of fused-ring (bicyclic) bond motifs is 1. The van der Waals surface area contributed by atoms with E-state index in [0.717, 1.165) is 33.5 Å². The molecule has 0 unspecified atom stereocenters. The Hall–Kier alpha value is -4.46. The first-order valence-electron chi connectivity index (χ1n) is 13.0. The van der Waals surface area contributed by atoms with Crippen LogP contribution in [-0.4, -0.2) is 61.7 Å². The number of para-hydroxylation sites is 2. The molecule has 0 atom stereocenters. The Morgan fingerprint density at radius 2 is 1.44 bits per heavy atom. The van der Waals surface area contributed by atoms with E-state index in [9.17, 15) is 9.59 Å². The molecule has 8 nitrogen and oxygen atoms in total. The van der Waals surface area contributed by atoms with Gasteiger partial charge in [0.2, 0.25) is 0 Å². The molecule has 0 N–H and O–H groups in total. The lowest BCUT2D eigenvalue weighted by Gasteiger charge is -2.36. The van der Waals surface area contributed by atoms with Crippen LogP contribution in [0, 0.1) is 6.92 Å². The van der Waals surface area contributed by atoms with Crippen molar-refractivity contribution in [3.05, 3.63) is 83.6 Å².